The molecular formula is C13H18N4O4. The number of anilines is 1. The first kappa shape index (κ1) is 16.5. The first-order valence-corrected chi connectivity index (χ1v) is 6.57. The summed E-state index contributed by atoms with van der Waals surface area (Å²) in [5.74, 6) is 0.474. The summed E-state index contributed by atoms with van der Waals surface area (Å²) in [7, 11) is 0. The minimum Gasteiger partial charge on any atom is -0.272 e. The minimum atomic E-state index is -0.672. The Morgan fingerprint density at radius 2 is 2.00 bits per heavy atom. The van der Waals surface area contributed by atoms with E-state index in [0.717, 1.165) is 24.6 Å². The van der Waals surface area contributed by atoms with Crippen LogP contribution in [0.15, 0.2) is 23.3 Å². The minimum absolute atomic E-state index is 0.133. The largest absolute Gasteiger partial charge is 0.301 e. The normalized spacial score (nSPS) is 12.8. The number of nitrogens with zero attached hydrogens (tertiary/aromatic N) is 3. The number of nitrogens with one attached hydrogen (secondary N) is 1. The van der Waals surface area contributed by atoms with Crippen LogP contribution in [-0.2, 0) is 0 Å². The average Bonchev–Trinajstić information content (AvgIpc) is 2.44. The topological polar surface area (TPSA) is 111 Å². The van der Waals surface area contributed by atoms with Gasteiger partial charge < -0.3 is 0 Å². The average molecular weight is 294 g/mol. The van der Waals surface area contributed by atoms with Crippen molar-refractivity contribution in [3.05, 3.63) is 38.4 Å². The molecule has 0 aliphatic heterocycles. The number of benzene rings is 1. The van der Waals surface area contributed by atoms with Gasteiger partial charge in [0, 0.05) is 11.8 Å². The van der Waals surface area contributed by atoms with E-state index in [1.165, 1.54) is 12.1 Å². The molecule has 0 aromatic heterocycles. The number of nitro benzene ring substituents is 2. The predicted molar refractivity (Wildman–Crippen MR) is 80.6 cm³/mol. The maximum Gasteiger partial charge on any atom is 0.301 e. The van der Waals surface area contributed by atoms with Crippen LogP contribution in [0, 0.1) is 26.1 Å². The lowest BCUT2D eigenvalue weighted by Crippen LogP contribution is -2.05. The van der Waals surface area contributed by atoms with E-state index < -0.39 is 9.85 Å². The van der Waals surface area contributed by atoms with Crippen molar-refractivity contribution in [1.29, 1.82) is 0 Å². The third-order valence-corrected chi connectivity index (χ3v) is 3.10. The molecule has 1 rings (SSSR count). The summed E-state index contributed by atoms with van der Waals surface area (Å²) in [4.78, 5) is 20.3. The molecule has 114 valence electrons. The Balaban J connectivity index is 2.95. The van der Waals surface area contributed by atoms with Gasteiger partial charge in [0.2, 0.25) is 0 Å². The molecular weight excluding hydrogens is 276 g/mol. The molecule has 21 heavy (non-hydrogen) atoms. The van der Waals surface area contributed by atoms with Crippen molar-refractivity contribution in [2.24, 2.45) is 11.0 Å². The molecule has 0 saturated heterocycles. The van der Waals surface area contributed by atoms with E-state index in [1.54, 1.807) is 0 Å². The highest BCUT2D eigenvalue weighted by Gasteiger charge is 2.19. The maximum absolute atomic E-state index is 11.0. The van der Waals surface area contributed by atoms with E-state index in [4.69, 9.17) is 0 Å². The monoisotopic (exact) mass is 294 g/mol. The second-order valence-electron chi connectivity index (χ2n) is 4.89. The van der Waals surface area contributed by atoms with Crippen molar-refractivity contribution < 1.29 is 9.85 Å². The number of hydrogen-bond acceptors (Lipinski definition) is 6. The van der Waals surface area contributed by atoms with E-state index >= 15 is 0 Å². The molecule has 0 aliphatic rings. The summed E-state index contributed by atoms with van der Waals surface area (Å²) in [6.45, 7) is 6.00. The summed E-state index contributed by atoms with van der Waals surface area (Å²) in [5.41, 5.74) is 2.87. The van der Waals surface area contributed by atoms with Crippen LogP contribution < -0.4 is 5.43 Å². The van der Waals surface area contributed by atoms with Crippen molar-refractivity contribution >= 4 is 22.8 Å². The van der Waals surface area contributed by atoms with Crippen LogP contribution in [0.25, 0.3) is 0 Å². The van der Waals surface area contributed by atoms with Gasteiger partial charge in [0.1, 0.15) is 5.69 Å². The second kappa shape index (κ2) is 7.32. The molecule has 8 heteroatoms. The molecule has 1 atom stereocenters. The molecule has 0 fully saturated rings. The predicted octanol–water partition coefficient (Wildman–Crippen LogP) is 3.73. The van der Waals surface area contributed by atoms with Gasteiger partial charge in [-0.25, -0.2) is 0 Å². The highest BCUT2D eigenvalue weighted by Crippen LogP contribution is 2.28. The van der Waals surface area contributed by atoms with E-state index in [9.17, 15) is 20.2 Å². The molecule has 0 heterocycles. The summed E-state index contributed by atoms with van der Waals surface area (Å²) in [5, 5.41) is 25.7. The maximum atomic E-state index is 11.0. The van der Waals surface area contributed by atoms with Crippen LogP contribution in [-0.4, -0.2) is 15.6 Å². The van der Waals surface area contributed by atoms with Gasteiger partial charge in [-0.1, -0.05) is 20.3 Å². The zero-order chi connectivity index (χ0) is 16.0. The van der Waals surface area contributed by atoms with Gasteiger partial charge in [-0.2, -0.15) is 5.10 Å². The van der Waals surface area contributed by atoms with Gasteiger partial charge in [0.05, 0.1) is 15.9 Å². The zero-order valence-electron chi connectivity index (χ0n) is 12.2. The zero-order valence-corrected chi connectivity index (χ0v) is 12.2. The Hall–Kier alpha value is -2.51. The van der Waals surface area contributed by atoms with Gasteiger partial charge in [0.25, 0.3) is 5.69 Å². The molecule has 0 amide bonds. The van der Waals surface area contributed by atoms with Gasteiger partial charge in [-0.05, 0) is 25.3 Å². The fraction of sp³-hybridized carbons (Fsp3) is 0.462. The Morgan fingerprint density at radius 3 is 2.52 bits per heavy atom. The molecule has 0 aliphatic carbocycles. The molecule has 0 spiro atoms. The fourth-order valence-electron chi connectivity index (χ4n) is 1.73. The van der Waals surface area contributed by atoms with Crippen LogP contribution in [0.3, 0.4) is 0 Å². The number of hydrazone groups is 1. The first-order chi connectivity index (χ1) is 9.85. The molecule has 0 radical (unpaired) electrons. The van der Waals surface area contributed by atoms with E-state index in [0.29, 0.717) is 5.92 Å². The number of rotatable bonds is 7. The highest BCUT2D eigenvalue weighted by molar-refractivity contribution is 5.83. The summed E-state index contributed by atoms with van der Waals surface area (Å²) >= 11 is 0. The van der Waals surface area contributed by atoms with Crippen LogP contribution in [0.2, 0.25) is 0 Å². The molecule has 0 saturated carbocycles. The summed E-state index contributed by atoms with van der Waals surface area (Å²) < 4.78 is 0. The quantitative estimate of drug-likeness (QED) is 0.468. The smallest absolute Gasteiger partial charge is 0.272 e. The molecule has 1 N–H and O–H groups in total. The van der Waals surface area contributed by atoms with E-state index in [1.807, 2.05) is 6.92 Å². The van der Waals surface area contributed by atoms with Crippen molar-refractivity contribution in [3.8, 4) is 0 Å². The number of nitro groups is 2. The summed E-state index contributed by atoms with van der Waals surface area (Å²) in [6.07, 6.45) is 1.80. The Morgan fingerprint density at radius 1 is 1.33 bits per heavy atom. The standard InChI is InChI=1S/C13H18N4O4/c1-4-9(2)7-10(3)14-15-12-6-5-11(16(18)19)8-13(12)17(20)21/h5-6,8-9,15H,4,7H2,1-3H3/b14-10-/t9-/m1/s1. The lowest BCUT2D eigenvalue weighted by molar-refractivity contribution is -0.393. The number of hydrogen-bond donors (Lipinski definition) is 1. The molecule has 8 nitrogen and oxygen atoms in total. The Kier molecular flexibility index (Phi) is 5.77. The van der Waals surface area contributed by atoms with Gasteiger partial charge in [-0.15, -0.1) is 0 Å². The second-order valence-corrected chi connectivity index (χ2v) is 4.89. The Bertz CT molecular complexity index is 571. The molecule has 1 aromatic carbocycles. The van der Waals surface area contributed by atoms with Gasteiger partial charge in [-0.3, -0.25) is 25.7 Å². The van der Waals surface area contributed by atoms with Gasteiger partial charge >= 0.3 is 5.69 Å². The fourth-order valence-corrected chi connectivity index (χ4v) is 1.73. The van der Waals surface area contributed by atoms with Gasteiger partial charge in [0.15, 0.2) is 0 Å². The highest BCUT2D eigenvalue weighted by atomic mass is 16.6. The van der Waals surface area contributed by atoms with Crippen LogP contribution in [0.5, 0.6) is 0 Å². The van der Waals surface area contributed by atoms with Crippen LogP contribution >= 0.6 is 0 Å². The van der Waals surface area contributed by atoms with E-state index in [2.05, 4.69) is 24.4 Å². The third kappa shape index (κ3) is 4.83. The van der Waals surface area contributed by atoms with Crippen molar-refractivity contribution in [2.75, 3.05) is 5.43 Å². The Labute approximate surface area is 122 Å². The van der Waals surface area contributed by atoms with Crippen molar-refractivity contribution in [3.63, 3.8) is 0 Å². The van der Waals surface area contributed by atoms with Crippen LogP contribution in [0.1, 0.15) is 33.6 Å². The van der Waals surface area contributed by atoms with Crippen LogP contribution in [0.4, 0.5) is 17.1 Å². The SMILES string of the molecule is CC[C@@H](C)C/C(C)=N\Nc1ccc([N+](=O)[O-])cc1[N+](=O)[O-]. The van der Waals surface area contributed by atoms with E-state index in [-0.39, 0.29) is 17.1 Å². The molecule has 0 bridgehead atoms. The first-order valence-electron chi connectivity index (χ1n) is 6.57. The molecule has 1 aromatic rings. The summed E-state index contributed by atoms with van der Waals surface area (Å²) in [6, 6.07) is 3.41. The lowest BCUT2D eigenvalue weighted by Gasteiger charge is -2.08. The van der Waals surface area contributed by atoms with Crippen molar-refractivity contribution in [1.82, 2.24) is 0 Å². The number of non-ortho nitro benzene ring substituents is 1. The van der Waals surface area contributed by atoms with Crippen molar-refractivity contribution in [2.45, 2.75) is 33.6 Å². The molecule has 0 unspecified atom stereocenters. The lowest BCUT2D eigenvalue weighted by atomic mass is 10.0. The third-order valence-electron chi connectivity index (χ3n) is 3.10.